The third kappa shape index (κ3) is 2.73. The van der Waals surface area contributed by atoms with Crippen molar-refractivity contribution in [1.82, 2.24) is 14.3 Å². The van der Waals surface area contributed by atoms with Gasteiger partial charge in [-0.15, -0.1) is 0 Å². The minimum absolute atomic E-state index is 0.343. The lowest BCUT2D eigenvalue weighted by Gasteiger charge is -2.03. The highest BCUT2D eigenvalue weighted by atomic mass is 16.5. The van der Waals surface area contributed by atoms with Crippen LogP contribution in [-0.2, 0) is 23.6 Å². The van der Waals surface area contributed by atoms with Crippen molar-refractivity contribution in [3.63, 3.8) is 0 Å². The number of aryl methyl sites for hydroxylation is 3. The van der Waals surface area contributed by atoms with Crippen LogP contribution in [0.1, 0.15) is 18.2 Å². The Morgan fingerprint density at radius 3 is 2.79 bits per heavy atom. The summed E-state index contributed by atoms with van der Waals surface area (Å²) in [5.41, 5.74) is 5.05. The monoisotopic (exact) mass is 323 g/mol. The highest BCUT2D eigenvalue weighted by molar-refractivity contribution is 5.98. The maximum atomic E-state index is 11.7. The van der Waals surface area contributed by atoms with E-state index in [1.165, 1.54) is 6.08 Å². The molecule has 0 fully saturated rings. The van der Waals surface area contributed by atoms with Gasteiger partial charge in [0.2, 0.25) is 0 Å². The highest BCUT2D eigenvalue weighted by Gasteiger charge is 2.17. The second kappa shape index (κ2) is 6.35. The molecular weight excluding hydrogens is 302 g/mol. The van der Waals surface area contributed by atoms with E-state index in [2.05, 4.69) is 28.0 Å². The summed E-state index contributed by atoms with van der Waals surface area (Å²) in [5, 5.41) is 5.69. The number of aromatic nitrogens is 3. The van der Waals surface area contributed by atoms with Crippen molar-refractivity contribution in [1.29, 1.82) is 0 Å². The number of hydrogen-bond donors (Lipinski definition) is 0. The third-order valence-corrected chi connectivity index (χ3v) is 4.09. The second-order valence-corrected chi connectivity index (χ2v) is 5.73. The number of nitrogens with zero attached hydrogens (tertiary/aromatic N) is 3. The van der Waals surface area contributed by atoms with Crippen LogP contribution in [0.5, 0.6) is 0 Å². The Balaban J connectivity index is 2.16. The van der Waals surface area contributed by atoms with Gasteiger partial charge in [0.25, 0.3) is 0 Å². The minimum Gasteiger partial charge on any atom is -0.463 e. The van der Waals surface area contributed by atoms with E-state index in [0.29, 0.717) is 6.61 Å². The summed E-state index contributed by atoms with van der Waals surface area (Å²) < 4.78 is 8.94. The van der Waals surface area contributed by atoms with Gasteiger partial charge >= 0.3 is 5.97 Å². The van der Waals surface area contributed by atoms with Crippen LogP contribution in [-0.4, -0.2) is 26.9 Å². The molecule has 0 spiro atoms. The first kappa shape index (κ1) is 16.1. The molecule has 0 bridgehead atoms. The SMILES string of the molecule is CCOC(=O)/C=C/c1c(C)nn(C)c1-c1cn(C)c2ccccc12. The number of ether oxygens (including phenoxy) is 1. The van der Waals surface area contributed by atoms with Gasteiger partial charge in [-0.2, -0.15) is 5.10 Å². The molecule has 124 valence electrons. The maximum absolute atomic E-state index is 11.7. The lowest BCUT2D eigenvalue weighted by atomic mass is 10.0. The van der Waals surface area contributed by atoms with E-state index in [1.54, 1.807) is 13.0 Å². The molecule has 0 aliphatic rings. The Morgan fingerprint density at radius 1 is 1.29 bits per heavy atom. The first-order chi connectivity index (χ1) is 11.5. The Labute approximate surface area is 141 Å². The van der Waals surface area contributed by atoms with Crippen LogP contribution in [0.15, 0.2) is 36.5 Å². The Hall–Kier alpha value is -2.82. The number of carbonyl (C=O) groups is 1. The number of fused-ring (bicyclic) bond motifs is 1. The van der Waals surface area contributed by atoms with Gasteiger partial charge in [0.05, 0.1) is 18.0 Å². The van der Waals surface area contributed by atoms with Gasteiger partial charge in [0, 0.05) is 48.4 Å². The lowest BCUT2D eigenvalue weighted by Crippen LogP contribution is -1.99. The molecule has 0 saturated heterocycles. The smallest absolute Gasteiger partial charge is 0.330 e. The molecule has 0 N–H and O–H groups in total. The quantitative estimate of drug-likeness (QED) is 0.546. The summed E-state index contributed by atoms with van der Waals surface area (Å²) in [5.74, 6) is -0.343. The van der Waals surface area contributed by atoms with Crippen molar-refractivity contribution in [2.24, 2.45) is 14.1 Å². The molecule has 5 nitrogen and oxygen atoms in total. The predicted octanol–water partition coefficient (Wildman–Crippen LogP) is 3.46. The summed E-state index contributed by atoms with van der Waals surface area (Å²) in [6.07, 6.45) is 5.35. The van der Waals surface area contributed by atoms with Gasteiger partial charge in [-0.25, -0.2) is 4.79 Å². The van der Waals surface area contributed by atoms with Crippen LogP contribution in [0.2, 0.25) is 0 Å². The molecule has 2 heterocycles. The molecule has 0 radical (unpaired) electrons. The number of esters is 1. The zero-order valence-corrected chi connectivity index (χ0v) is 14.4. The highest BCUT2D eigenvalue weighted by Crippen LogP contribution is 2.33. The van der Waals surface area contributed by atoms with E-state index in [-0.39, 0.29) is 5.97 Å². The molecule has 1 aromatic carbocycles. The summed E-state index contributed by atoms with van der Waals surface area (Å²) in [6.45, 7) is 4.10. The van der Waals surface area contributed by atoms with E-state index >= 15 is 0 Å². The summed E-state index contributed by atoms with van der Waals surface area (Å²) in [6, 6.07) is 8.26. The van der Waals surface area contributed by atoms with Crippen molar-refractivity contribution in [2.45, 2.75) is 13.8 Å². The van der Waals surface area contributed by atoms with Gasteiger partial charge in [-0.3, -0.25) is 4.68 Å². The van der Waals surface area contributed by atoms with Crippen molar-refractivity contribution < 1.29 is 9.53 Å². The Kier molecular flexibility index (Phi) is 4.25. The molecule has 0 aliphatic heterocycles. The Bertz CT molecular complexity index is 932. The minimum atomic E-state index is -0.343. The fourth-order valence-electron chi connectivity index (χ4n) is 3.07. The van der Waals surface area contributed by atoms with Crippen LogP contribution in [0, 0.1) is 6.92 Å². The van der Waals surface area contributed by atoms with Crippen LogP contribution in [0.25, 0.3) is 28.2 Å². The number of rotatable bonds is 4. The molecule has 0 atom stereocenters. The summed E-state index contributed by atoms with van der Waals surface area (Å²) in [7, 11) is 3.95. The van der Waals surface area contributed by atoms with E-state index < -0.39 is 0 Å². The predicted molar refractivity (Wildman–Crippen MR) is 95.5 cm³/mol. The first-order valence-corrected chi connectivity index (χ1v) is 7.95. The number of benzene rings is 1. The average molecular weight is 323 g/mol. The van der Waals surface area contributed by atoms with Crippen LogP contribution >= 0.6 is 0 Å². The lowest BCUT2D eigenvalue weighted by molar-refractivity contribution is -0.137. The number of hydrogen-bond acceptors (Lipinski definition) is 3. The van der Waals surface area contributed by atoms with Crippen LogP contribution in [0.3, 0.4) is 0 Å². The van der Waals surface area contributed by atoms with Gasteiger partial charge in [-0.05, 0) is 26.0 Å². The molecule has 0 unspecified atom stereocenters. The van der Waals surface area contributed by atoms with Crippen molar-refractivity contribution in [2.75, 3.05) is 6.61 Å². The zero-order valence-electron chi connectivity index (χ0n) is 14.4. The molecule has 0 amide bonds. The molecule has 2 aromatic heterocycles. The standard InChI is InChI=1S/C19H21N3O2/c1-5-24-18(23)11-10-14-13(2)20-22(4)19(14)16-12-21(3)17-9-7-6-8-15(16)17/h6-12H,5H2,1-4H3/b11-10+. The van der Waals surface area contributed by atoms with Crippen molar-refractivity contribution >= 4 is 22.9 Å². The second-order valence-electron chi connectivity index (χ2n) is 5.73. The fraction of sp³-hybridized carbons (Fsp3) is 0.263. The molecule has 0 aliphatic carbocycles. The Morgan fingerprint density at radius 2 is 2.04 bits per heavy atom. The van der Waals surface area contributed by atoms with E-state index in [4.69, 9.17) is 4.74 Å². The van der Waals surface area contributed by atoms with Crippen molar-refractivity contribution in [3.8, 4) is 11.3 Å². The normalized spacial score (nSPS) is 11.5. The van der Waals surface area contributed by atoms with Crippen LogP contribution in [0.4, 0.5) is 0 Å². The third-order valence-electron chi connectivity index (χ3n) is 4.09. The van der Waals surface area contributed by atoms with E-state index in [1.807, 2.05) is 37.8 Å². The molecular formula is C19H21N3O2. The molecule has 3 aromatic rings. The molecule has 3 rings (SSSR count). The van der Waals surface area contributed by atoms with E-state index in [9.17, 15) is 4.79 Å². The van der Waals surface area contributed by atoms with Crippen LogP contribution < -0.4 is 0 Å². The van der Waals surface area contributed by atoms with Gasteiger partial charge in [0.1, 0.15) is 0 Å². The van der Waals surface area contributed by atoms with Crippen molar-refractivity contribution in [3.05, 3.63) is 47.8 Å². The van der Waals surface area contributed by atoms with Gasteiger partial charge in [0.15, 0.2) is 0 Å². The fourth-order valence-corrected chi connectivity index (χ4v) is 3.07. The van der Waals surface area contributed by atoms with Gasteiger partial charge in [-0.1, -0.05) is 18.2 Å². The summed E-state index contributed by atoms with van der Waals surface area (Å²) >= 11 is 0. The zero-order chi connectivity index (χ0) is 17.3. The first-order valence-electron chi connectivity index (χ1n) is 7.95. The van der Waals surface area contributed by atoms with E-state index in [0.717, 1.165) is 33.4 Å². The molecule has 5 heteroatoms. The van der Waals surface area contributed by atoms with Gasteiger partial charge < -0.3 is 9.30 Å². The number of para-hydroxylation sites is 1. The molecule has 0 saturated carbocycles. The summed E-state index contributed by atoms with van der Waals surface area (Å²) in [4.78, 5) is 11.7. The number of carbonyl (C=O) groups excluding carboxylic acids is 1. The largest absolute Gasteiger partial charge is 0.463 e. The topological polar surface area (TPSA) is 49.0 Å². The molecule has 24 heavy (non-hydrogen) atoms. The average Bonchev–Trinajstić information content (AvgIpc) is 3.02. The maximum Gasteiger partial charge on any atom is 0.330 e.